The Bertz CT molecular complexity index is 215. The molecule has 0 heterocycles. The molecule has 0 fully saturated rings. The van der Waals surface area contributed by atoms with Gasteiger partial charge in [-0.25, -0.2) is 0 Å². The fraction of sp³-hybridized carbons (Fsp3) is 0.500. The first-order valence-electron chi connectivity index (χ1n) is 3.73. The molecule has 2 unspecified atom stereocenters. The van der Waals surface area contributed by atoms with E-state index in [0.29, 0.717) is 12.8 Å². The molecule has 0 aromatic rings. The summed E-state index contributed by atoms with van der Waals surface area (Å²) in [7, 11) is 0. The predicted molar refractivity (Wildman–Crippen MR) is 61.3 cm³/mol. The van der Waals surface area contributed by atoms with Crippen molar-refractivity contribution < 1.29 is 19.8 Å². The normalized spacial score (nSPS) is 24.3. The number of carbonyl (C=O) groups is 2. The van der Waals surface area contributed by atoms with Crippen LogP contribution in [0.1, 0.15) is 12.8 Å². The summed E-state index contributed by atoms with van der Waals surface area (Å²) in [4.78, 5) is 21.1. The van der Waals surface area contributed by atoms with Crippen LogP contribution in [0, 0.1) is 11.8 Å². The number of rotatable bonds is 2. The van der Waals surface area contributed by atoms with Gasteiger partial charge in [0.05, 0.1) is 11.8 Å². The van der Waals surface area contributed by atoms with Crippen LogP contribution >= 0.6 is 34.0 Å². The van der Waals surface area contributed by atoms with Crippen LogP contribution in [0.3, 0.4) is 0 Å². The first kappa shape index (κ1) is 16.1. The average molecular weight is 332 g/mol. The molecule has 14 heavy (non-hydrogen) atoms. The van der Waals surface area contributed by atoms with Gasteiger partial charge in [0.25, 0.3) is 0 Å². The van der Waals surface area contributed by atoms with Crippen molar-refractivity contribution in [3.05, 3.63) is 12.2 Å². The van der Waals surface area contributed by atoms with E-state index in [-0.39, 0.29) is 34.0 Å². The highest BCUT2D eigenvalue weighted by Crippen LogP contribution is 2.25. The SMILES string of the molecule is Br.Br.O=C(O)C1CC=CCC1C(=O)O. The van der Waals surface area contributed by atoms with Crippen molar-refractivity contribution in [1.82, 2.24) is 0 Å². The first-order chi connectivity index (χ1) is 5.63. The van der Waals surface area contributed by atoms with E-state index in [4.69, 9.17) is 10.2 Å². The van der Waals surface area contributed by atoms with E-state index in [2.05, 4.69) is 0 Å². The fourth-order valence-corrected chi connectivity index (χ4v) is 1.36. The molecule has 0 saturated heterocycles. The van der Waals surface area contributed by atoms with Crippen molar-refractivity contribution in [2.75, 3.05) is 0 Å². The van der Waals surface area contributed by atoms with Gasteiger partial charge in [-0.2, -0.15) is 0 Å². The monoisotopic (exact) mass is 330 g/mol. The van der Waals surface area contributed by atoms with Crippen LogP contribution in [0.5, 0.6) is 0 Å². The molecule has 1 aliphatic rings. The van der Waals surface area contributed by atoms with Gasteiger partial charge in [-0.15, -0.1) is 34.0 Å². The molecule has 0 saturated carbocycles. The maximum absolute atomic E-state index is 10.6. The van der Waals surface area contributed by atoms with Gasteiger partial charge in [0, 0.05) is 0 Å². The first-order valence-corrected chi connectivity index (χ1v) is 3.73. The molecule has 4 nitrogen and oxygen atoms in total. The van der Waals surface area contributed by atoms with E-state index >= 15 is 0 Å². The van der Waals surface area contributed by atoms with Gasteiger partial charge < -0.3 is 10.2 Å². The molecular formula is C8H12Br2O4. The van der Waals surface area contributed by atoms with E-state index in [9.17, 15) is 9.59 Å². The Morgan fingerprint density at radius 3 is 1.43 bits per heavy atom. The van der Waals surface area contributed by atoms with Crippen LogP contribution in [-0.2, 0) is 9.59 Å². The molecule has 82 valence electrons. The average Bonchev–Trinajstić information content (AvgIpc) is 2.04. The Balaban J connectivity index is 0. The van der Waals surface area contributed by atoms with E-state index < -0.39 is 23.8 Å². The highest BCUT2D eigenvalue weighted by Gasteiger charge is 2.33. The molecule has 2 N–H and O–H groups in total. The van der Waals surface area contributed by atoms with Crippen molar-refractivity contribution in [1.29, 1.82) is 0 Å². The second-order valence-corrected chi connectivity index (χ2v) is 2.83. The molecule has 6 heteroatoms. The number of allylic oxidation sites excluding steroid dienone is 2. The van der Waals surface area contributed by atoms with Crippen LogP contribution in [-0.4, -0.2) is 22.2 Å². The predicted octanol–water partition coefficient (Wildman–Crippen LogP) is 1.89. The van der Waals surface area contributed by atoms with Crippen molar-refractivity contribution in [2.24, 2.45) is 11.8 Å². The highest BCUT2D eigenvalue weighted by molar-refractivity contribution is 8.93. The zero-order chi connectivity index (χ0) is 9.14. The quantitative estimate of drug-likeness (QED) is 0.758. The van der Waals surface area contributed by atoms with Crippen LogP contribution in [0.15, 0.2) is 12.2 Å². The standard InChI is InChI=1S/C8H10O4.2BrH/c9-7(10)5-3-1-2-4-6(5)8(11)12;;/h1-2,5-6H,3-4H2,(H,9,10)(H,11,12);2*1H. The van der Waals surface area contributed by atoms with Crippen LogP contribution in [0.2, 0.25) is 0 Å². The Morgan fingerprint density at radius 2 is 1.21 bits per heavy atom. The van der Waals surface area contributed by atoms with Gasteiger partial charge in [0.2, 0.25) is 0 Å². The molecule has 1 rings (SSSR count). The second kappa shape index (κ2) is 7.00. The lowest BCUT2D eigenvalue weighted by atomic mass is 9.83. The molecule has 0 radical (unpaired) electrons. The maximum atomic E-state index is 10.6. The number of aliphatic carboxylic acids is 2. The largest absolute Gasteiger partial charge is 0.481 e. The van der Waals surface area contributed by atoms with Gasteiger partial charge in [0.15, 0.2) is 0 Å². The highest BCUT2D eigenvalue weighted by atomic mass is 79.9. The van der Waals surface area contributed by atoms with E-state index in [1.165, 1.54) is 0 Å². The smallest absolute Gasteiger partial charge is 0.307 e. The fourth-order valence-electron chi connectivity index (χ4n) is 1.36. The lowest BCUT2D eigenvalue weighted by molar-refractivity contribution is -0.153. The molecule has 0 aromatic carbocycles. The zero-order valence-electron chi connectivity index (χ0n) is 7.25. The third kappa shape index (κ3) is 3.79. The van der Waals surface area contributed by atoms with Crippen molar-refractivity contribution >= 4 is 45.9 Å². The summed E-state index contributed by atoms with van der Waals surface area (Å²) in [6.45, 7) is 0. The van der Waals surface area contributed by atoms with Crippen LogP contribution < -0.4 is 0 Å². The Morgan fingerprint density at radius 1 is 0.929 bits per heavy atom. The van der Waals surface area contributed by atoms with E-state index in [1.54, 1.807) is 12.2 Å². The number of halogens is 2. The summed E-state index contributed by atoms with van der Waals surface area (Å²) < 4.78 is 0. The van der Waals surface area contributed by atoms with Crippen LogP contribution in [0.25, 0.3) is 0 Å². The summed E-state index contributed by atoms with van der Waals surface area (Å²) in [5.74, 6) is -3.56. The number of carboxylic acids is 2. The molecule has 2 atom stereocenters. The minimum atomic E-state index is -1.02. The molecular weight excluding hydrogens is 320 g/mol. The lowest BCUT2D eigenvalue weighted by Crippen LogP contribution is -2.30. The molecule has 0 bridgehead atoms. The second-order valence-electron chi connectivity index (χ2n) is 2.83. The number of hydrogen-bond acceptors (Lipinski definition) is 2. The van der Waals surface area contributed by atoms with Gasteiger partial charge in [-0.05, 0) is 12.8 Å². The summed E-state index contributed by atoms with van der Waals surface area (Å²) in [5.41, 5.74) is 0. The molecule has 0 spiro atoms. The summed E-state index contributed by atoms with van der Waals surface area (Å²) in [5, 5.41) is 17.3. The number of carboxylic acid groups (broad SMARTS) is 2. The third-order valence-electron chi connectivity index (χ3n) is 2.07. The van der Waals surface area contributed by atoms with Gasteiger partial charge in [-0.1, -0.05) is 12.2 Å². The molecule has 0 amide bonds. The summed E-state index contributed by atoms with van der Waals surface area (Å²) in [6, 6.07) is 0. The Labute approximate surface area is 103 Å². The summed E-state index contributed by atoms with van der Waals surface area (Å²) in [6.07, 6.45) is 4.09. The molecule has 0 aromatic heterocycles. The minimum Gasteiger partial charge on any atom is -0.481 e. The Hall–Kier alpha value is -0.360. The van der Waals surface area contributed by atoms with Gasteiger partial charge in [-0.3, -0.25) is 9.59 Å². The molecule has 1 aliphatic carbocycles. The van der Waals surface area contributed by atoms with E-state index in [1.807, 2.05) is 0 Å². The van der Waals surface area contributed by atoms with Crippen molar-refractivity contribution in [3.8, 4) is 0 Å². The van der Waals surface area contributed by atoms with Crippen LogP contribution in [0.4, 0.5) is 0 Å². The van der Waals surface area contributed by atoms with Gasteiger partial charge >= 0.3 is 11.9 Å². The Kier molecular flexibility index (Phi) is 8.04. The topological polar surface area (TPSA) is 74.6 Å². The van der Waals surface area contributed by atoms with E-state index in [0.717, 1.165) is 0 Å². The number of hydrogen-bond donors (Lipinski definition) is 2. The van der Waals surface area contributed by atoms with Crippen molar-refractivity contribution in [2.45, 2.75) is 12.8 Å². The molecule has 0 aliphatic heterocycles. The summed E-state index contributed by atoms with van der Waals surface area (Å²) >= 11 is 0. The lowest BCUT2D eigenvalue weighted by Gasteiger charge is -2.20. The third-order valence-corrected chi connectivity index (χ3v) is 2.07. The zero-order valence-corrected chi connectivity index (χ0v) is 10.7. The minimum absolute atomic E-state index is 0. The van der Waals surface area contributed by atoms with Gasteiger partial charge in [0.1, 0.15) is 0 Å². The maximum Gasteiger partial charge on any atom is 0.307 e. The van der Waals surface area contributed by atoms with Crippen molar-refractivity contribution in [3.63, 3.8) is 0 Å².